The molecule has 0 aliphatic rings. The highest BCUT2D eigenvalue weighted by molar-refractivity contribution is 5.20. The van der Waals surface area contributed by atoms with Gasteiger partial charge in [0.05, 0.1) is 19.8 Å². The molecule has 4 heteroatoms. The number of rotatable bonds is 5. The Balaban J connectivity index is 1.92. The summed E-state index contributed by atoms with van der Waals surface area (Å²) < 4.78 is 24.2. The van der Waals surface area contributed by atoms with Gasteiger partial charge in [-0.15, -0.1) is 0 Å². The van der Waals surface area contributed by atoms with Crippen molar-refractivity contribution >= 4 is 0 Å². The molecule has 0 fully saturated rings. The van der Waals surface area contributed by atoms with E-state index in [2.05, 4.69) is 0 Å². The molecular formula is C14H16FNO2. The monoisotopic (exact) mass is 249 g/mol. The highest BCUT2D eigenvalue weighted by Gasteiger charge is 2.07. The predicted molar refractivity (Wildman–Crippen MR) is 66.2 cm³/mol. The summed E-state index contributed by atoms with van der Waals surface area (Å²) in [6.07, 6.45) is 0. The van der Waals surface area contributed by atoms with Crippen molar-refractivity contribution in [3.8, 4) is 0 Å². The lowest BCUT2D eigenvalue weighted by atomic mass is 10.2. The first-order valence-electron chi connectivity index (χ1n) is 5.80. The average molecular weight is 249 g/mol. The van der Waals surface area contributed by atoms with Crippen molar-refractivity contribution in [1.82, 2.24) is 0 Å². The Hall–Kier alpha value is -1.65. The van der Waals surface area contributed by atoms with Gasteiger partial charge < -0.3 is 14.9 Å². The molecule has 1 heterocycles. The van der Waals surface area contributed by atoms with Gasteiger partial charge in [-0.2, -0.15) is 0 Å². The number of hydrogen-bond donors (Lipinski definition) is 1. The van der Waals surface area contributed by atoms with Crippen molar-refractivity contribution in [2.75, 3.05) is 0 Å². The Morgan fingerprint density at radius 3 is 2.61 bits per heavy atom. The SMILES string of the molecule is Cc1oc(CN)cc1COCc1ccccc1F. The Kier molecular flexibility index (Phi) is 4.12. The predicted octanol–water partition coefficient (Wildman–Crippen LogP) is 2.90. The maximum atomic E-state index is 13.3. The van der Waals surface area contributed by atoms with Crippen molar-refractivity contribution in [3.05, 3.63) is 58.8 Å². The molecule has 0 radical (unpaired) electrons. The number of nitrogens with two attached hydrogens (primary N) is 1. The minimum atomic E-state index is -0.246. The number of ether oxygens (including phenoxy) is 1. The minimum Gasteiger partial charge on any atom is -0.465 e. The Labute approximate surface area is 105 Å². The zero-order chi connectivity index (χ0) is 13.0. The fourth-order valence-corrected chi connectivity index (χ4v) is 1.72. The third-order valence-electron chi connectivity index (χ3n) is 2.75. The topological polar surface area (TPSA) is 48.4 Å². The van der Waals surface area contributed by atoms with E-state index in [1.54, 1.807) is 18.2 Å². The fourth-order valence-electron chi connectivity index (χ4n) is 1.72. The van der Waals surface area contributed by atoms with Gasteiger partial charge in [0.25, 0.3) is 0 Å². The lowest BCUT2D eigenvalue weighted by Gasteiger charge is -2.04. The minimum absolute atomic E-state index is 0.245. The summed E-state index contributed by atoms with van der Waals surface area (Å²) in [7, 11) is 0. The molecule has 1 aromatic carbocycles. The van der Waals surface area contributed by atoms with Crippen LogP contribution in [0.15, 0.2) is 34.7 Å². The van der Waals surface area contributed by atoms with Crippen LogP contribution in [0, 0.1) is 12.7 Å². The Morgan fingerprint density at radius 2 is 1.94 bits per heavy atom. The van der Waals surface area contributed by atoms with Gasteiger partial charge in [-0.3, -0.25) is 0 Å². The van der Waals surface area contributed by atoms with Crippen LogP contribution in [-0.2, 0) is 24.5 Å². The second-order valence-electron chi connectivity index (χ2n) is 4.08. The van der Waals surface area contributed by atoms with Crippen molar-refractivity contribution in [3.63, 3.8) is 0 Å². The van der Waals surface area contributed by atoms with E-state index in [0.29, 0.717) is 18.7 Å². The number of benzene rings is 1. The number of furan rings is 1. The normalized spacial score (nSPS) is 10.8. The summed E-state index contributed by atoms with van der Waals surface area (Å²) in [6, 6.07) is 8.46. The van der Waals surface area contributed by atoms with E-state index in [1.807, 2.05) is 13.0 Å². The Morgan fingerprint density at radius 1 is 1.22 bits per heavy atom. The molecule has 0 unspecified atom stereocenters. The largest absolute Gasteiger partial charge is 0.465 e. The molecule has 0 atom stereocenters. The van der Waals surface area contributed by atoms with Crippen molar-refractivity contribution in [2.24, 2.45) is 5.73 Å². The summed E-state index contributed by atoms with van der Waals surface area (Å²) >= 11 is 0. The molecule has 0 aliphatic carbocycles. The number of halogens is 1. The summed E-state index contributed by atoms with van der Waals surface area (Å²) in [5, 5.41) is 0. The van der Waals surface area contributed by atoms with Crippen LogP contribution in [0.2, 0.25) is 0 Å². The zero-order valence-electron chi connectivity index (χ0n) is 10.3. The first kappa shape index (κ1) is 12.8. The van der Waals surface area contributed by atoms with Gasteiger partial charge >= 0.3 is 0 Å². The van der Waals surface area contributed by atoms with E-state index in [-0.39, 0.29) is 12.4 Å². The molecule has 2 rings (SSSR count). The van der Waals surface area contributed by atoms with Gasteiger partial charge in [0.1, 0.15) is 17.3 Å². The summed E-state index contributed by atoms with van der Waals surface area (Å²) in [4.78, 5) is 0. The molecule has 18 heavy (non-hydrogen) atoms. The van der Waals surface area contributed by atoms with E-state index in [1.165, 1.54) is 6.07 Å². The maximum absolute atomic E-state index is 13.3. The third-order valence-corrected chi connectivity index (χ3v) is 2.75. The van der Waals surface area contributed by atoms with E-state index in [9.17, 15) is 4.39 Å². The lowest BCUT2D eigenvalue weighted by Crippen LogP contribution is -1.97. The second-order valence-corrected chi connectivity index (χ2v) is 4.08. The van der Waals surface area contributed by atoms with Crippen LogP contribution in [0.5, 0.6) is 0 Å². The van der Waals surface area contributed by atoms with Crippen LogP contribution >= 0.6 is 0 Å². The first-order chi connectivity index (χ1) is 8.70. The van der Waals surface area contributed by atoms with E-state index < -0.39 is 0 Å². The molecule has 3 nitrogen and oxygen atoms in total. The van der Waals surface area contributed by atoms with Gasteiger partial charge in [-0.25, -0.2) is 4.39 Å². The highest BCUT2D eigenvalue weighted by atomic mass is 19.1. The van der Waals surface area contributed by atoms with Crippen LogP contribution in [0.25, 0.3) is 0 Å². The molecule has 2 aromatic rings. The third kappa shape index (κ3) is 2.97. The van der Waals surface area contributed by atoms with Gasteiger partial charge in [-0.05, 0) is 19.1 Å². The smallest absolute Gasteiger partial charge is 0.128 e. The lowest BCUT2D eigenvalue weighted by molar-refractivity contribution is 0.104. The van der Waals surface area contributed by atoms with Gasteiger partial charge in [0.15, 0.2) is 0 Å². The van der Waals surface area contributed by atoms with Crippen LogP contribution < -0.4 is 5.73 Å². The van der Waals surface area contributed by atoms with Gasteiger partial charge in [0.2, 0.25) is 0 Å². The van der Waals surface area contributed by atoms with Crippen molar-refractivity contribution in [1.29, 1.82) is 0 Å². The highest BCUT2D eigenvalue weighted by Crippen LogP contribution is 2.16. The molecule has 1 aromatic heterocycles. The molecule has 0 saturated heterocycles. The average Bonchev–Trinajstić information content (AvgIpc) is 2.73. The van der Waals surface area contributed by atoms with Gasteiger partial charge in [0, 0.05) is 11.1 Å². The van der Waals surface area contributed by atoms with E-state index >= 15 is 0 Å². The molecule has 2 N–H and O–H groups in total. The fraction of sp³-hybridized carbons (Fsp3) is 0.286. The molecule has 0 spiro atoms. The van der Waals surface area contributed by atoms with Crippen molar-refractivity contribution < 1.29 is 13.5 Å². The summed E-state index contributed by atoms with van der Waals surface area (Å²) in [5.74, 6) is 1.28. The molecule has 0 aliphatic heterocycles. The molecular weight excluding hydrogens is 233 g/mol. The van der Waals surface area contributed by atoms with Crippen molar-refractivity contribution in [2.45, 2.75) is 26.7 Å². The first-order valence-corrected chi connectivity index (χ1v) is 5.80. The Bertz CT molecular complexity index is 522. The molecule has 96 valence electrons. The standard InChI is InChI=1S/C14H16FNO2/c1-10-12(6-13(7-16)18-10)9-17-8-11-4-2-3-5-14(11)15/h2-6H,7-9,16H2,1H3. The van der Waals surface area contributed by atoms with Crippen LogP contribution in [-0.4, -0.2) is 0 Å². The van der Waals surface area contributed by atoms with Crippen LogP contribution in [0.3, 0.4) is 0 Å². The van der Waals surface area contributed by atoms with Crippen LogP contribution in [0.1, 0.15) is 22.6 Å². The van der Waals surface area contributed by atoms with Gasteiger partial charge in [-0.1, -0.05) is 18.2 Å². The molecule has 0 bridgehead atoms. The molecule has 0 amide bonds. The quantitative estimate of drug-likeness (QED) is 0.886. The number of hydrogen-bond acceptors (Lipinski definition) is 3. The summed E-state index contributed by atoms with van der Waals surface area (Å²) in [5.41, 5.74) is 6.99. The van der Waals surface area contributed by atoms with E-state index in [4.69, 9.17) is 14.9 Å². The zero-order valence-corrected chi connectivity index (χ0v) is 10.3. The second kappa shape index (κ2) is 5.80. The molecule has 0 saturated carbocycles. The van der Waals surface area contributed by atoms with E-state index in [0.717, 1.165) is 17.1 Å². The number of aryl methyl sites for hydroxylation is 1. The van der Waals surface area contributed by atoms with Crippen LogP contribution in [0.4, 0.5) is 4.39 Å². The maximum Gasteiger partial charge on any atom is 0.128 e. The summed E-state index contributed by atoms with van der Waals surface area (Å²) in [6.45, 7) is 2.87.